The minimum Gasteiger partial charge on any atom is -0.341 e. The SMILES string of the molecule is Cc1csc(-c2cc(S(=O)(=O)NC3CCCCCC3)cn2CC(=O)N2CCCCC2)n1. The molecule has 1 N–H and O–H groups in total. The molecule has 2 aromatic heterocycles. The van der Waals surface area contributed by atoms with E-state index in [0.717, 1.165) is 68.7 Å². The van der Waals surface area contributed by atoms with Crippen molar-refractivity contribution < 1.29 is 13.2 Å². The fourth-order valence-corrected chi connectivity index (χ4v) is 6.66. The first-order chi connectivity index (χ1) is 14.9. The van der Waals surface area contributed by atoms with Gasteiger partial charge in [-0.2, -0.15) is 0 Å². The molecule has 2 aliphatic rings. The Bertz CT molecular complexity index is 998. The summed E-state index contributed by atoms with van der Waals surface area (Å²) in [5.74, 6) is 0.0329. The van der Waals surface area contributed by atoms with Crippen LogP contribution in [0.15, 0.2) is 22.5 Å². The summed E-state index contributed by atoms with van der Waals surface area (Å²) in [6.45, 7) is 3.60. The first-order valence-electron chi connectivity index (χ1n) is 11.4. The monoisotopic (exact) mass is 464 g/mol. The van der Waals surface area contributed by atoms with Crippen LogP contribution in [0.2, 0.25) is 0 Å². The number of carbonyl (C=O) groups excluding carboxylic acids is 1. The van der Waals surface area contributed by atoms with Crippen LogP contribution in [0.1, 0.15) is 63.5 Å². The Morgan fingerprint density at radius 2 is 1.81 bits per heavy atom. The maximum Gasteiger partial charge on any atom is 0.242 e. The molecule has 3 heterocycles. The van der Waals surface area contributed by atoms with Crippen molar-refractivity contribution >= 4 is 27.3 Å². The first kappa shape index (κ1) is 22.5. The molecule has 2 fully saturated rings. The average molecular weight is 465 g/mol. The van der Waals surface area contributed by atoms with Crippen molar-refractivity contribution in [3.8, 4) is 10.7 Å². The maximum absolute atomic E-state index is 13.2. The van der Waals surface area contributed by atoms with Crippen molar-refractivity contribution in [2.45, 2.75) is 82.2 Å². The number of piperidine rings is 1. The summed E-state index contributed by atoms with van der Waals surface area (Å²) in [7, 11) is -3.66. The fraction of sp³-hybridized carbons (Fsp3) is 0.636. The van der Waals surface area contributed by atoms with Gasteiger partial charge in [0.25, 0.3) is 0 Å². The lowest BCUT2D eigenvalue weighted by Crippen LogP contribution is -2.37. The van der Waals surface area contributed by atoms with E-state index in [9.17, 15) is 13.2 Å². The number of hydrogen-bond donors (Lipinski definition) is 1. The van der Waals surface area contributed by atoms with Gasteiger partial charge < -0.3 is 9.47 Å². The molecule has 1 saturated heterocycles. The van der Waals surface area contributed by atoms with Gasteiger partial charge in [-0.15, -0.1) is 11.3 Å². The topological polar surface area (TPSA) is 84.3 Å². The summed E-state index contributed by atoms with van der Waals surface area (Å²) in [6.07, 6.45) is 11.0. The number of thiazole rings is 1. The maximum atomic E-state index is 13.2. The average Bonchev–Trinajstić information content (AvgIpc) is 3.28. The predicted octanol–water partition coefficient (Wildman–Crippen LogP) is 3.93. The summed E-state index contributed by atoms with van der Waals surface area (Å²) < 4.78 is 31.0. The molecule has 0 aromatic carbocycles. The van der Waals surface area contributed by atoms with Crippen molar-refractivity contribution in [2.24, 2.45) is 0 Å². The Balaban J connectivity index is 1.60. The highest BCUT2D eigenvalue weighted by molar-refractivity contribution is 7.89. The number of sulfonamides is 1. The highest BCUT2D eigenvalue weighted by atomic mass is 32.2. The first-order valence-corrected chi connectivity index (χ1v) is 13.7. The lowest BCUT2D eigenvalue weighted by Gasteiger charge is -2.27. The van der Waals surface area contributed by atoms with Gasteiger partial charge in [0.05, 0.1) is 5.69 Å². The lowest BCUT2D eigenvalue weighted by molar-refractivity contribution is -0.132. The molecule has 9 heteroatoms. The summed E-state index contributed by atoms with van der Waals surface area (Å²) >= 11 is 1.47. The highest BCUT2D eigenvalue weighted by Crippen LogP contribution is 2.29. The zero-order chi connectivity index (χ0) is 21.8. The van der Waals surface area contributed by atoms with Crippen molar-refractivity contribution in [3.63, 3.8) is 0 Å². The van der Waals surface area contributed by atoms with Gasteiger partial charge in [-0.25, -0.2) is 18.1 Å². The summed E-state index contributed by atoms with van der Waals surface area (Å²) in [5, 5.41) is 2.68. The van der Waals surface area contributed by atoms with E-state index < -0.39 is 10.0 Å². The molecule has 1 aliphatic heterocycles. The molecule has 1 saturated carbocycles. The molecule has 1 aliphatic carbocycles. The second-order valence-corrected chi connectivity index (χ2v) is 11.3. The van der Waals surface area contributed by atoms with E-state index in [2.05, 4.69) is 9.71 Å². The third kappa shape index (κ3) is 5.56. The van der Waals surface area contributed by atoms with Gasteiger partial charge in [0.15, 0.2) is 0 Å². The van der Waals surface area contributed by atoms with Crippen LogP contribution in [0.25, 0.3) is 10.7 Å². The molecular formula is C22H32N4O3S2. The van der Waals surface area contributed by atoms with Crippen LogP contribution < -0.4 is 4.72 Å². The number of aryl methyl sites for hydroxylation is 1. The third-order valence-electron chi connectivity index (χ3n) is 6.21. The van der Waals surface area contributed by atoms with Crippen LogP contribution in [0.4, 0.5) is 0 Å². The number of rotatable bonds is 6. The molecule has 0 unspecified atom stereocenters. The summed E-state index contributed by atoms with van der Waals surface area (Å²) in [6, 6.07) is 1.65. The van der Waals surface area contributed by atoms with E-state index in [1.165, 1.54) is 24.2 Å². The smallest absolute Gasteiger partial charge is 0.242 e. The van der Waals surface area contributed by atoms with Gasteiger partial charge in [-0.3, -0.25) is 4.79 Å². The number of likely N-dealkylation sites (tertiary alicyclic amines) is 1. The molecule has 0 radical (unpaired) electrons. The van der Waals surface area contributed by atoms with Gasteiger partial charge >= 0.3 is 0 Å². The fourth-order valence-electron chi connectivity index (χ4n) is 4.49. The van der Waals surface area contributed by atoms with Crippen LogP contribution in [0, 0.1) is 6.92 Å². The van der Waals surface area contributed by atoms with Crippen LogP contribution >= 0.6 is 11.3 Å². The van der Waals surface area contributed by atoms with E-state index in [0.29, 0.717) is 5.69 Å². The van der Waals surface area contributed by atoms with E-state index in [4.69, 9.17) is 0 Å². The van der Waals surface area contributed by atoms with Crippen LogP contribution in [-0.2, 0) is 21.4 Å². The Labute approximate surface area is 188 Å². The Morgan fingerprint density at radius 1 is 1.13 bits per heavy atom. The van der Waals surface area contributed by atoms with Crippen LogP contribution in [-0.4, -0.2) is 47.9 Å². The molecule has 0 bridgehead atoms. The minimum absolute atomic E-state index is 0.0172. The van der Waals surface area contributed by atoms with Gasteiger partial charge in [0.2, 0.25) is 15.9 Å². The van der Waals surface area contributed by atoms with Gasteiger partial charge in [0, 0.05) is 36.4 Å². The third-order valence-corrected chi connectivity index (χ3v) is 8.68. The molecular weight excluding hydrogens is 432 g/mol. The Kier molecular flexibility index (Phi) is 7.13. The van der Waals surface area contributed by atoms with Crippen LogP contribution in [0.5, 0.6) is 0 Å². The summed E-state index contributed by atoms with van der Waals surface area (Å²) in [5.41, 5.74) is 1.57. The van der Waals surface area contributed by atoms with Crippen molar-refractivity contribution in [2.75, 3.05) is 13.1 Å². The van der Waals surface area contributed by atoms with Crippen LogP contribution in [0.3, 0.4) is 0 Å². The number of carbonyl (C=O) groups is 1. The van der Waals surface area contributed by atoms with Gasteiger partial charge in [-0.1, -0.05) is 25.7 Å². The molecule has 0 spiro atoms. The standard InChI is InChI=1S/C22H32N4O3S2/c1-17-16-30-22(23-17)20-13-19(31(28,29)24-18-9-5-2-3-6-10-18)14-26(20)15-21(27)25-11-7-4-8-12-25/h13-14,16,18,24H,2-12,15H2,1H3. The summed E-state index contributed by atoms with van der Waals surface area (Å²) in [4.78, 5) is 19.5. The Morgan fingerprint density at radius 3 is 2.45 bits per heavy atom. The molecule has 31 heavy (non-hydrogen) atoms. The van der Waals surface area contributed by atoms with Crippen molar-refractivity contribution in [1.29, 1.82) is 0 Å². The van der Waals surface area contributed by atoms with Crippen molar-refractivity contribution in [3.05, 3.63) is 23.3 Å². The number of aromatic nitrogens is 2. The molecule has 1 amide bonds. The molecule has 0 atom stereocenters. The molecule has 7 nitrogen and oxygen atoms in total. The molecule has 4 rings (SSSR count). The zero-order valence-corrected chi connectivity index (χ0v) is 19.8. The number of hydrogen-bond acceptors (Lipinski definition) is 5. The zero-order valence-electron chi connectivity index (χ0n) is 18.2. The van der Waals surface area contributed by atoms with Gasteiger partial charge in [0.1, 0.15) is 16.4 Å². The van der Waals surface area contributed by atoms with Crippen molar-refractivity contribution in [1.82, 2.24) is 19.2 Å². The minimum atomic E-state index is -3.66. The number of nitrogens with zero attached hydrogens (tertiary/aromatic N) is 3. The normalized spacial score (nSPS) is 18.8. The largest absolute Gasteiger partial charge is 0.341 e. The van der Waals surface area contributed by atoms with E-state index in [1.54, 1.807) is 16.8 Å². The number of nitrogens with one attached hydrogen (secondary N) is 1. The Hall–Kier alpha value is -1.71. The predicted molar refractivity (Wildman–Crippen MR) is 123 cm³/mol. The lowest BCUT2D eigenvalue weighted by atomic mass is 10.1. The van der Waals surface area contributed by atoms with E-state index in [1.807, 2.05) is 17.2 Å². The van der Waals surface area contributed by atoms with E-state index in [-0.39, 0.29) is 23.4 Å². The second-order valence-electron chi connectivity index (χ2n) is 8.73. The molecule has 170 valence electrons. The second kappa shape index (κ2) is 9.83. The van der Waals surface area contributed by atoms with E-state index >= 15 is 0 Å². The molecule has 2 aromatic rings. The highest BCUT2D eigenvalue weighted by Gasteiger charge is 2.26. The van der Waals surface area contributed by atoms with Gasteiger partial charge in [-0.05, 0) is 45.1 Å². The number of amides is 1. The quantitative estimate of drug-likeness (QED) is 0.657.